The monoisotopic (exact) mass is 177 g/mol. The van der Waals surface area contributed by atoms with Crippen LogP contribution in [-0.2, 0) is 6.54 Å². The predicted molar refractivity (Wildman–Crippen MR) is 48.9 cm³/mol. The average molecular weight is 177 g/mol. The molecule has 13 heavy (non-hydrogen) atoms. The molecule has 0 bridgehead atoms. The Morgan fingerprint density at radius 2 is 2.38 bits per heavy atom. The summed E-state index contributed by atoms with van der Waals surface area (Å²) in [6.45, 7) is 2.32. The molecule has 0 saturated heterocycles. The van der Waals surface area contributed by atoms with Crippen LogP contribution < -0.4 is 5.73 Å². The molecule has 0 unspecified atom stereocenters. The second-order valence-corrected chi connectivity index (χ2v) is 2.85. The Morgan fingerprint density at radius 3 is 2.92 bits per heavy atom. The molecule has 0 aliphatic heterocycles. The zero-order valence-electron chi connectivity index (χ0n) is 7.37. The van der Waals surface area contributed by atoms with Crippen molar-refractivity contribution in [2.45, 2.75) is 13.5 Å². The molecule has 2 aromatic rings. The van der Waals surface area contributed by atoms with Gasteiger partial charge in [-0.05, 0) is 19.1 Å². The molecule has 2 rings (SSSR count). The Labute approximate surface area is 75.8 Å². The number of aryl methyl sites for hydroxylation is 1. The van der Waals surface area contributed by atoms with Crippen LogP contribution in [0.3, 0.4) is 0 Å². The lowest BCUT2D eigenvalue weighted by atomic mass is 10.3. The molecular formula is C9H11N3O. The van der Waals surface area contributed by atoms with E-state index in [0.717, 1.165) is 23.0 Å². The fourth-order valence-electron chi connectivity index (χ4n) is 1.18. The van der Waals surface area contributed by atoms with Crippen molar-refractivity contribution in [1.29, 1.82) is 0 Å². The standard InChI is InChI=1S/C9H11N3O/c1-6-11-5-8(12-6)9-3-2-7(4-10)13-9/h2-3,5H,4,10H2,1H3,(H,11,12). The highest BCUT2D eigenvalue weighted by Gasteiger charge is 2.05. The molecular weight excluding hydrogens is 166 g/mol. The topological polar surface area (TPSA) is 67.8 Å². The molecule has 0 aromatic carbocycles. The third kappa shape index (κ3) is 1.48. The maximum Gasteiger partial charge on any atom is 0.152 e. The lowest BCUT2D eigenvalue weighted by molar-refractivity contribution is 0.524. The highest BCUT2D eigenvalue weighted by molar-refractivity contribution is 5.51. The van der Waals surface area contributed by atoms with Gasteiger partial charge in [0.2, 0.25) is 0 Å². The number of hydrogen-bond acceptors (Lipinski definition) is 3. The molecule has 0 fully saturated rings. The maximum absolute atomic E-state index is 5.44. The van der Waals surface area contributed by atoms with Gasteiger partial charge in [0.15, 0.2) is 5.76 Å². The number of aromatic amines is 1. The summed E-state index contributed by atoms with van der Waals surface area (Å²) in [4.78, 5) is 7.17. The van der Waals surface area contributed by atoms with Gasteiger partial charge in [0.25, 0.3) is 0 Å². The molecule has 0 saturated carbocycles. The van der Waals surface area contributed by atoms with Crippen LogP contribution in [0.2, 0.25) is 0 Å². The molecule has 0 amide bonds. The second kappa shape index (κ2) is 3.06. The molecule has 4 heteroatoms. The lowest BCUT2D eigenvalue weighted by Gasteiger charge is -1.90. The van der Waals surface area contributed by atoms with Gasteiger partial charge in [-0.2, -0.15) is 0 Å². The molecule has 3 N–H and O–H groups in total. The van der Waals surface area contributed by atoms with Gasteiger partial charge in [-0.1, -0.05) is 0 Å². The van der Waals surface area contributed by atoms with Crippen LogP contribution >= 0.6 is 0 Å². The van der Waals surface area contributed by atoms with Crippen LogP contribution in [0.1, 0.15) is 11.6 Å². The van der Waals surface area contributed by atoms with Gasteiger partial charge in [0.05, 0.1) is 12.7 Å². The fraction of sp³-hybridized carbons (Fsp3) is 0.222. The van der Waals surface area contributed by atoms with Gasteiger partial charge in [-0.3, -0.25) is 0 Å². The van der Waals surface area contributed by atoms with E-state index in [4.69, 9.17) is 10.2 Å². The number of hydrogen-bond donors (Lipinski definition) is 2. The van der Waals surface area contributed by atoms with Crippen molar-refractivity contribution < 1.29 is 4.42 Å². The van der Waals surface area contributed by atoms with Crippen molar-refractivity contribution >= 4 is 0 Å². The molecule has 68 valence electrons. The first-order valence-electron chi connectivity index (χ1n) is 4.10. The molecule has 0 spiro atoms. The molecule has 0 atom stereocenters. The van der Waals surface area contributed by atoms with E-state index in [0.29, 0.717) is 6.54 Å². The van der Waals surface area contributed by atoms with Gasteiger partial charge in [0.1, 0.15) is 17.3 Å². The first kappa shape index (κ1) is 8.07. The van der Waals surface area contributed by atoms with Crippen LogP contribution in [0.5, 0.6) is 0 Å². The molecule has 2 heterocycles. The number of aromatic nitrogens is 2. The second-order valence-electron chi connectivity index (χ2n) is 2.85. The number of rotatable bonds is 2. The van der Waals surface area contributed by atoms with Crippen LogP contribution in [0.15, 0.2) is 22.7 Å². The van der Waals surface area contributed by atoms with Gasteiger partial charge in [-0.15, -0.1) is 0 Å². The molecule has 4 nitrogen and oxygen atoms in total. The summed E-state index contributed by atoms with van der Waals surface area (Å²) in [5.41, 5.74) is 6.31. The summed E-state index contributed by atoms with van der Waals surface area (Å²) < 4.78 is 5.44. The Hall–Kier alpha value is -1.55. The maximum atomic E-state index is 5.44. The summed E-state index contributed by atoms with van der Waals surface area (Å²) >= 11 is 0. The van der Waals surface area contributed by atoms with E-state index in [1.807, 2.05) is 19.1 Å². The van der Waals surface area contributed by atoms with Crippen molar-refractivity contribution in [3.05, 3.63) is 29.9 Å². The van der Waals surface area contributed by atoms with E-state index in [1.54, 1.807) is 6.20 Å². The van der Waals surface area contributed by atoms with Crippen LogP contribution in [0, 0.1) is 6.92 Å². The highest BCUT2D eigenvalue weighted by atomic mass is 16.3. The molecule has 0 aliphatic carbocycles. The summed E-state index contributed by atoms with van der Waals surface area (Å²) in [5, 5.41) is 0. The third-order valence-corrected chi connectivity index (χ3v) is 1.83. The first-order valence-corrected chi connectivity index (χ1v) is 4.10. The van der Waals surface area contributed by atoms with Crippen molar-refractivity contribution in [3.8, 4) is 11.5 Å². The highest BCUT2D eigenvalue weighted by Crippen LogP contribution is 2.19. The zero-order valence-corrected chi connectivity index (χ0v) is 7.37. The minimum atomic E-state index is 0.424. The Bertz CT molecular complexity index is 402. The van der Waals surface area contributed by atoms with Gasteiger partial charge in [0, 0.05) is 0 Å². The summed E-state index contributed by atoms with van der Waals surface area (Å²) in [7, 11) is 0. The number of H-pyrrole nitrogens is 1. The number of nitrogens with one attached hydrogen (secondary N) is 1. The normalized spacial score (nSPS) is 10.6. The lowest BCUT2D eigenvalue weighted by Crippen LogP contribution is -1.92. The number of nitrogens with two attached hydrogens (primary N) is 1. The van der Waals surface area contributed by atoms with Crippen molar-refractivity contribution in [1.82, 2.24) is 9.97 Å². The molecule has 0 aliphatic rings. The SMILES string of the molecule is Cc1ncc(-c2ccc(CN)o2)[nH]1. The molecule has 0 radical (unpaired) electrons. The van der Waals surface area contributed by atoms with E-state index in [9.17, 15) is 0 Å². The molecule has 2 aromatic heterocycles. The first-order chi connectivity index (χ1) is 6.29. The minimum Gasteiger partial charge on any atom is -0.458 e. The number of nitrogens with zero attached hydrogens (tertiary/aromatic N) is 1. The largest absolute Gasteiger partial charge is 0.458 e. The van der Waals surface area contributed by atoms with Crippen molar-refractivity contribution in [3.63, 3.8) is 0 Å². The Kier molecular flexibility index (Phi) is 1.90. The quantitative estimate of drug-likeness (QED) is 0.729. The van der Waals surface area contributed by atoms with Gasteiger partial charge in [-0.25, -0.2) is 4.98 Å². The van der Waals surface area contributed by atoms with E-state index >= 15 is 0 Å². The number of furan rings is 1. The Balaban J connectivity index is 2.35. The smallest absolute Gasteiger partial charge is 0.152 e. The van der Waals surface area contributed by atoms with E-state index in [2.05, 4.69) is 9.97 Å². The average Bonchev–Trinajstić information content (AvgIpc) is 2.71. The van der Waals surface area contributed by atoms with E-state index < -0.39 is 0 Å². The van der Waals surface area contributed by atoms with Crippen LogP contribution in [0.25, 0.3) is 11.5 Å². The summed E-state index contributed by atoms with van der Waals surface area (Å²) in [5.74, 6) is 2.43. The number of imidazole rings is 1. The van der Waals surface area contributed by atoms with Crippen molar-refractivity contribution in [2.75, 3.05) is 0 Å². The Morgan fingerprint density at radius 1 is 1.54 bits per heavy atom. The van der Waals surface area contributed by atoms with E-state index in [-0.39, 0.29) is 0 Å². The zero-order chi connectivity index (χ0) is 9.26. The van der Waals surface area contributed by atoms with Crippen LogP contribution in [0.4, 0.5) is 0 Å². The summed E-state index contributed by atoms with van der Waals surface area (Å²) in [6, 6.07) is 3.75. The van der Waals surface area contributed by atoms with Gasteiger partial charge < -0.3 is 15.1 Å². The minimum absolute atomic E-state index is 0.424. The van der Waals surface area contributed by atoms with Gasteiger partial charge >= 0.3 is 0 Å². The predicted octanol–water partition coefficient (Wildman–Crippen LogP) is 1.44. The third-order valence-electron chi connectivity index (χ3n) is 1.83. The fourth-order valence-corrected chi connectivity index (χ4v) is 1.18. The summed E-state index contributed by atoms with van der Waals surface area (Å²) in [6.07, 6.45) is 1.74. The van der Waals surface area contributed by atoms with Crippen molar-refractivity contribution in [2.24, 2.45) is 5.73 Å². The van der Waals surface area contributed by atoms with Crippen LogP contribution in [-0.4, -0.2) is 9.97 Å². The van der Waals surface area contributed by atoms with E-state index in [1.165, 1.54) is 0 Å².